The number of carbonyl (C=O) groups is 2. The summed E-state index contributed by atoms with van der Waals surface area (Å²) in [6, 6.07) is 14.9. The largest absolute Gasteiger partial charge is 0.497 e. The molecule has 2 aromatic carbocycles. The van der Waals surface area contributed by atoms with Gasteiger partial charge in [0.25, 0.3) is 0 Å². The molecule has 1 fully saturated rings. The van der Waals surface area contributed by atoms with Crippen molar-refractivity contribution >= 4 is 12.0 Å². The molecule has 184 valence electrons. The van der Waals surface area contributed by atoms with Crippen molar-refractivity contribution in [1.29, 1.82) is 0 Å². The monoisotopic (exact) mass is 470 g/mol. The van der Waals surface area contributed by atoms with E-state index in [0.29, 0.717) is 44.1 Å². The zero-order valence-electron chi connectivity index (χ0n) is 20.6. The van der Waals surface area contributed by atoms with E-state index in [2.05, 4.69) is 5.32 Å². The number of nitrogens with zero attached hydrogens (tertiary/aromatic N) is 1. The number of nitrogens with one attached hydrogen (secondary N) is 1. The van der Waals surface area contributed by atoms with Gasteiger partial charge in [0.05, 0.1) is 25.9 Å². The Bertz CT molecular complexity index is 974. The highest BCUT2D eigenvalue weighted by molar-refractivity contribution is 5.79. The number of benzene rings is 2. The summed E-state index contributed by atoms with van der Waals surface area (Å²) in [4.78, 5) is 26.1. The van der Waals surface area contributed by atoms with E-state index in [9.17, 15) is 9.59 Å². The van der Waals surface area contributed by atoms with Gasteiger partial charge in [0.2, 0.25) is 0 Å². The molecular weight excluding hydrogens is 436 g/mol. The van der Waals surface area contributed by atoms with Crippen LogP contribution in [0.2, 0.25) is 0 Å². The van der Waals surface area contributed by atoms with Gasteiger partial charge >= 0.3 is 12.0 Å². The van der Waals surface area contributed by atoms with Crippen LogP contribution in [0.25, 0.3) is 0 Å². The minimum atomic E-state index is -1.08. The normalized spacial score (nSPS) is 17.8. The van der Waals surface area contributed by atoms with Crippen LogP contribution in [-0.4, -0.2) is 62.0 Å². The van der Waals surface area contributed by atoms with E-state index in [1.807, 2.05) is 31.3 Å². The Balaban J connectivity index is 1.61. The molecule has 1 N–H and O–H groups in total. The molecule has 0 saturated carbocycles. The molecule has 0 bridgehead atoms. The molecule has 34 heavy (non-hydrogen) atoms. The summed E-state index contributed by atoms with van der Waals surface area (Å²) in [5, 5.41) is 2.95. The van der Waals surface area contributed by atoms with Crippen LogP contribution in [0, 0.1) is 0 Å². The van der Waals surface area contributed by atoms with Gasteiger partial charge in [-0.05, 0) is 69.2 Å². The van der Waals surface area contributed by atoms with E-state index in [1.54, 1.807) is 57.0 Å². The molecule has 0 aromatic heterocycles. The number of amides is 2. The minimum absolute atomic E-state index is 0.0840. The van der Waals surface area contributed by atoms with Crippen molar-refractivity contribution in [2.75, 3.05) is 33.9 Å². The van der Waals surface area contributed by atoms with Gasteiger partial charge in [0.1, 0.15) is 17.2 Å². The molecule has 3 rings (SSSR count). The van der Waals surface area contributed by atoms with Crippen LogP contribution in [-0.2, 0) is 16.0 Å². The van der Waals surface area contributed by atoms with Crippen molar-refractivity contribution in [3.05, 3.63) is 54.1 Å². The molecule has 1 saturated heterocycles. The SMILES string of the molecule is CCOC(=O)C(C)(C)Oc1ccc(OCCC2(Cc3ccc(OC)cc3)CNC(=O)N2C)cc1. The summed E-state index contributed by atoms with van der Waals surface area (Å²) in [5.74, 6) is 1.61. The quantitative estimate of drug-likeness (QED) is 0.503. The van der Waals surface area contributed by atoms with Crippen LogP contribution in [0.3, 0.4) is 0 Å². The van der Waals surface area contributed by atoms with Crippen LogP contribution < -0.4 is 19.5 Å². The minimum Gasteiger partial charge on any atom is -0.497 e. The molecule has 0 aliphatic carbocycles. The van der Waals surface area contributed by atoms with Crippen molar-refractivity contribution < 1.29 is 28.5 Å². The number of methoxy groups -OCH3 is 1. The number of likely N-dealkylation sites (N-methyl/N-ethyl adjacent to an activating group) is 1. The van der Waals surface area contributed by atoms with Crippen LogP contribution in [0.1, 0.15) is 32.8 Å². The average molecular weight is 471 g/mol. The van der Waals surface area contributed by atoms with Gasteiger partial charge in [-0.3, -0.25) is 0 Å². The lowest BCUT2D eigenvalue weighted by molar-refractivity contribution is -0.158. The first kappa shape index (κ1) is 25.2. The highest BCUT2D eigenvalue weighted by atomic mass is 16.6. The van der Waals surface area contributed by atoms with Crippen LogP contribution >= 0.6 is 0 Å². The van der Waals surface area contributed by atoms with Crippen LogP contribution in [0.15, 0.2) is 48.5 Å². The Morgan fingerprint density at radius 2 is 1.68 bits per heavy atom. The van der Waals surface area contributed by atoms with Crippen molar-refractivity contribution in [2.45, 2.75) is 44.8 Å². The third-order valence-corrected chi connectivity index (χ3v) is 6.08. The number of esters is 1. The fourth-order valence-electron chi connectivity index (χ4n) is 3.95. The number of hydrogen-bond donors (Lipinski definition) is 1. The van der Waals surface area contributed by atoms with Crippen LogP contribution in [0.4, 0.5) is 4.79 Å². The summed E-state index contributed by atoms with van der Waals surface area (Å²) in [5.41, 5.74) is -0.355. The lowest BCUT2D eigenvalue weighted by Crippen LogP contribution is -2.47. The van der Waals surface area contributed by atoms with Crippen molar-refractivity contribution in [3.63, 3.8) is 0 Å². The van der Waals surface area contributed by atoms with Gasteiger partial charge in [0, 0.05) is 20.0 Å². The Kier molecular flexibility index (Phi) is 7.91. The zero-order chi connectivity index (χ0) is 24.8. The third kappa shape index (κ3) is 5.92. The third-order valence-electron chi connectivity index (χ3n) is 6.08. The van der Waals surface area contributed by atoms with Gasteiger partial charge in [-0.15, -0.1) is 0 Å². The number of carbonyl (C=O) groups excluding carboxylic acids is 2. The molecule has 8 nitrogen and oxygen atoms in total. The predicted molar refractivity (Wildman–Crippen MR) is 128 cm³/mol. The van der Waals surface area contributed by atoms with Crippen molar-refractivity contribution in [1.82, 2.24) is 10.2 Å². The van der Waals surface area contributed by atoms with E-state index >= 15 is 0 Å². The maximum atomic E-state index is 12.3. The molecule has 0 radical (unpaired) electrons. The lowest BCUT2D eigenvalue weighted by Gasteiger charge is -2.35. The smallest absolute Gasteiger partial charge is 0.349 e. The van der Waals surface area contributed by atoms with Gasteiger partial charge < -0.3 is 29.2 Å². The van der Waals surface area contributed by atoms with Crippen LogP contribution in [0.5, 0.6) is 17.2 Å². The average Bonchev–Trinajstić information content (AvgIpc) is 3.09. The predicted octanol–water partition coefficient (Wildman–Crippen LogP) is 3.82. The molecule has 0 spiro atoms. The summed E-state index contributed by atoms with van der Waals surface area (Å²) < 4.78 is 22.1. The fourth-order valence-corrected chi connectivity index (χ4v) is 3.95. The maximum Gasteiger partial charge on any atom is 0.349 e. The second kappa shape index (κ2) is 10.7. The molecule has 2 amide bonds. The number of ether oxygens (including phenoxy) is 4. The highest BCUT2D eigenvalue weighted by Crippen LogP contribution is 2.29. The number of rotatable bonds is 11. The Morgan fingerprint density at radius 1 is 1.06 bits per heavy atom. The van der Waals surface area contributed by atoms with Gasteiger partial charge in [-0.2, -0.15) is 0 Å². The van der Waals surface area contributed by atoms with Gasteiger partial charge in [0.15, 0.2) is 5.60 Å². The van der Waals surface area contributed by atoms with E-state index < -0.39 is 17.1 Å². The van der Waals surface area contributed by atoms with Crippen molar-refractivity contribution in [3.8, 4) is 17.2 Å². The zero-order valence-corrected chi connectivity index (χ0v) is 20.6. The van der Waals surface area contributed by atoms with E-state index in [-0.39, 0.29) is 6.03 Å². The molecule has 8 heteroatoms. The summed E-state index contributed by atoms with van der Waals surface area (Å²) in [7, 11) is 3.46. The standard InChI is InChI=1S/C26H34N2O6/c1-6-32-23(29)25(2,3)34-22-13-11-21(12-14-22)33-16-15-26(18-27-24(30)28(26)4)17-19-7-9-20(31-5)10-8-19/h7-14H,6,15-18H2,1-5H3,(H,27,30). The first-order chi connectivity index (χ1) is 16.2. The second-order valence-corrected chi connectivity index (χ2v) is 8.87. The highest BCUT2D eigenvalue weighted by Gasteiger charge is 2.43. The van der Waals surface area contributed by atoms with E-state index in [1.165, 1.54) is 0 Å². The van der Waals surface area contributed by atoms with Gasteiger partial charge in [-0.25, -0.2) is 9.59 Å². The van der Waals surface area contributed by atoms with E-state index in [0.717, 1.165) is 11.3 Å². The van der Waals surface area contributed by atoms with Gasteiger partial charge in [-0.1, -0.05) is 12.1 Å². The maximum absolute atomic E-state index is 12.3. The summed E-state index contributed by atoms with van der Waals surface area (Å²) in [6.45, 7) is 6.39. The fraction of sp³-hybridized carbons (Fsp3) is 0.462. The Labute approximate surface area is 201 Å². The molecular formula is C26H34N2O6. The molecule has 1 aliphatic rings. The molecule has 1 atom stereocenters. The number of hydrogen-bond acceptors (Lipinski definition) is 6. The van der Waals surface area contributed by atoms with E-state index in [4.69, 9.17) is 18.9 Å². The molecule has 1 aliphatic heterocycles. The molecule has 1 unspecified atom stereocenters. The lowest BCUT2D eigenvalue weighted by atomic mass is 9.87. The summed E-state index contributed by atoms with van der Waals surface area (Å²) >= 11 is 0. The topological polar surface area (TPSA) is 86.3 Å². The first-order valence-electron chi connectivity index (χ1n) is 11.4. The molecule has 1 heterocycles. The first-order valence-corrected chi connectivity index (χ1v) is 11.4. The van der Waals surface area contributed by atoms with Crippen molar-refractivity contribution in [2.24, 2.45) is 0 Å². The number of urea groups is 1. The summed E-state index contributed by atoms with van der Waals surface area (Å²) in [6.07, 6.45) is 1.35. The Morgan fingerprint density at radius 3 is 2.24 bits per heavy atom. The Hall–Kier alpha value is -3.42. The second-order valence-electron chi connectivity index (χ2n) is 8.87. The molecule has 2 aromatic rings.